The summed E-state index contributed by atoms with van der Waals surface area (Å²) in [5, 5.41) is 3.33. The summed E-state index contributed by atoms with van der Waals surface area (Å²) >= 11 is 0. The van der Waals surface area contributed by atoms with Gasteiger partial charge in [0.25, 0.3) is 0 Å². The number of benzene rings is 1. The number of nitrogens with zero attached hydrogens (tertiary/aromatic N) is 2. The van der Waals surface area contributed by atoms with Gasteiger partial charge in [0.1, 0.15) is 0 Å². The number of hydrogen-bond acceptors (Lipinski definition) is 3. The van der Waals surface area contributed by atoms with Gasteiger partial charge in [-0.2, -0.15) is 0 Å². The molecule has 1 amide bonds. The van der Waals surface area contributed by atoms with Gasteiger partial charge in [0.05, 0.1) is 6.54 Å². The molecule has 20 heavy (non-hydrogen) atoms. The summed E-state index contributed by atoms with van der Waals surface area (Å²) in [6, 6.07) is 8.78. The monoisotopic (exact) mass is 273 g/mol. The molecular weight excluding hydrogens is 250 g/mol. The minimum Gasteiger partial charge on any atom is -0.316 e. The molecule has 2 aliphatic rings. The lowest BCUT2D eigenvalue weighted by Gasteiger charge is -2.33. The van der Waals surface area contributed by atoms with Crippen LogP contribution in [-0.2, 0) is 11.2 Å². The number of likely N-dealkylation sites (tertiary alicyclic amines) is 1. The van der Waals surface area contributed by atoms with E-state index < -0.39 is 0 Å². The lowest BCUT2D eigenvalue weighted by Crippen LogP contribution is -2.48. The van der Waals surface area contributed by atoms with Crippen LogP contribution >= 0.6 is 0 Å². The summed E-state index contributed by atoms with van der Waals surface area (Å²) in [4.78, 5) is 16.8. The third-order valence-electron chi connectivity index (χ3n) is 4.46. The summed E-state index contributed by atoms with van der Waals surface area (Å²) in [6.45, 7) is 3.41. The van der Waals surface area contributed by atoms with Gasteiger partial charge in [-0.3, -0.25) is 9.69 Å². The highest BCUT2D eigenvalue weighted by molar-refractivity contribution is 5.96. The number of anilines is 1. The molecule has 0 radical (unpaired) electrons. The average Bonchev–Trinajstić information content (AvgIpc) is 2.91. The third kappa shape index (κ3) is 2.72. The molecule has 0 aliphatic carbocycles. The Hall–Kier alpha value is -1.39. The van der Waals surface area contributed by atoms with Crippen LogP contribution in [0.3, 0.4) is 0 Å². The Kier molecular flexibility index (Phi) is 4.03. The Morgan fingerprint density at radius 3 is 3.05 bits per heavy atom. The maximum Gasteiger partial charge on any atom is 0.241 e. The first-order valence-electron chi connectivity index (χ1n) is 7.56. The van der Waals surface area contributed by atoms with E-state index in [4.69, 9.17) is 0 Å². The molecule has 0 bridgehead atoms. The highest BCUT2D eigenvalue weighted by Crippen LogP contribution is 2.27. The summed E-state index contributed by atoms with van der Waals surface area (Å²) in [5.74, 6) is 0.242. The van der Waals surface area contributed by atoms with E-state index in [1.165, 1.54) is 18.4 Å². The van der Waals surface area contributed by atoms with Crippen molar-refractivity contribution in [3.05, 3.63) is 29.8 Å². The molecule has 1 atom stereocenters. The number of hydrogen-bond donors (Lipinski definition) is 1. The first kappa shape index (κ1) is 13.6. The topological polar surface area (TPSA) is 35.6 Å². The van der Waals surface area contributed by atoms with Gasteiger partial charge in [-0.25, -0.2) is 0 Å². The normalized spacial score (nSPS) is 22.9. The second-order valence-electron chi connectivity index (χ2n) is 5.79. The number of carbonyl (C=O) groups excluding carboxylic acids is 1. The van der Waals surface area contributed by atoms with Crippen molar-refractivity contribution in [2.75, 3.05) is 38.1 Å². The number of rotatable bonds is 3. The molecule has 4 nitrogen and oxygen atoms in total. The van der Waals surface area contributed by atoms with Crippen molar-refractivity contribution in [1.29, 1.82) is 0 Å². The maximum atomic E-state index is 12.5. The van der Waals surface area contributed by atoms with Gasteiger partial charge < -0.3 is 10.2 Å². The Morgan fingerprint density at radius 2 is 2.20 bits per heavy atom. The quantitative estimate of drug-likeness (QED) is 0.900. The van der Waals surface area contributed by atoms with Crippen molar-refractivity contribution in [3.63, 3.8) is 0 Å². The second-order valence-corrected chi connectivity index (χ2v) is 5.79. The largest absolute Gasteiger partial charge is 0.316 e. The van der Waals surface area contributed by atoms with Gasteiger partial charge in [0.2, 0.25) is 5.91 Å². The predicted octanol–water partition coefficient (Wildman–Crippen LogP) is 1.26. The van der Waals surface area contributed by atoms with Crippen molar-refractivity contribution < 1.29 is 4.79 Å². The molecule has 1 aromatic carbocycles. The number of para-hydroxylation sites is 1. The van der Waals surface area contributed by atoms with Crippen molar-refractivity contribution in [3.8, 4) is 0 Å². The fraction of sp³-hybridized carbons (Fsp3) is 0.562. The summed E-state index contributed by atoms with van der Waals surface area (Å²) < 4.78 is 0. The van der Waals surface area contributed by atoms with E-state index in [1.807, 2.05) is 18.0 Å². The van der Waals surface area contributed by atoms with Crippen LogP contribution in [0.5, 0.6) is 0 Å². The minimum atomic E-state index is 0.242. The lowest BCUT2D eigenvalue weighted by molar-refractivity contribution is -0.119. The van der Waals surface area contributed by atoms with Crippen LogP contribution in [0, 0.1) is 0 Å². The highest BCUT2D eigenvalue weighted by atomic mass is 16.2. The van der Waals surface area contributed by atoms with Crippen molar-refractivity contribution >= 4 is 11.6 Å². The zero-order chi connectivity index (χ0) is 13.9. The van der Waals surface area contributed by atoms with E-state index >= 15 is 0 Å². The summed E-state index contributed by atoms with van der Waals surface area (Å²) in [6.07, 6.45) is 3.38. The Bertz CT molecular complexity index is 488. The molecule has 2 heterocycles. The smallest absolute Gasteiger partial charge is 0.241 e. The van der Waals surface area contributed by atoms with Gasteiger partial charge >= 0.3 is 0 Å². The van der Waals surface area contributed by atoms with Crippen LogP contribution in [0.2, 0.25) is 0 Å². The first-order chi connectivity index (χ1) is 9.78. The SMILES string of the molecule is CNC1CCCN(CC(=O)N2CCc3ccccc32)C1. The molecular formula is C16H23N3O. The molecule has 1 saturated heterocycles. The second kappa shape index (κ2) is 5.94. The van der Waals surface area contributed by atoms with Crippen LogP contribution in [-0.4, -0.2) is 50.1 Å². The molecule has 0 aromatic heterocycles. The van der Waals surface area contributed by atoms with Crippen LogP contribution in [0.25, 0.3) is 0 Å². The number of fused-ring (bicyclic) bond motifs is 1. The lowest BCUT2D eigenvalue weighted by atomic mass is 10.1. The molecule has 3 rings (SSSR count). The molecule has 1 aromatic rings. The Labute approximate surface area is 120 Å². The molecule has 1 unspecified atom stereocenters. The van der Waals surface area contributed by atoms with E-state index in [0.29, 0.717) is 12.6 Å². The molecule has 0 spiro atoms. The van der Waals surface area contributed by atoms with E-state index in [1.54, 1.807) is 0 Å². The van der Waals surface area contributed by atoms with Gasteiger partial charge in [-0.15, -0.1) is 0 Å². The number of carbonyl (C=O) groups is 1. The fourth-order valence-electron chi connectivity index (χ4n) is 3.31. The van der Waals surface area contributed by atoms with E-state index in [2.05, 4.69) is 28.4 Å². The first-order valence-corrected chi connectivity index (χ1v) is 7.56. The van der Waals surface area contributed by atoms with Crippen LogP contribution in [0.15, 0.2) is 24.3 Å². The highest BCUT2D eigenvalue weighted by Gasteiger charge is 2.27. The summed E-state index contributed by atoms with van der Waals surface area (Å²) in [7, 11) is 2.01. The van der Waals surface area contributed by atoms with Crippen molar-refractivity contribution in [1.82, 2.24) is 10.2 Å². The maximum absolute atomic E-state index is 12.5. The zero-order valence-electron chi connectivity index (χ0n) is 12.1. The predicted molar refractivity (Wildman–Crippen MR) is 81.0 cm³/mol. The average molecular weight is 273 g/mol. The van der Waals surface area contributed by atoms with E-state index in [-0.39, 0.29) is 5.91 Å². The number of amides is 1. The zero-order valence-corrected chi connectivity index (χ0v) is 12.1. The number of nitrogens with one attached hydrogen (secondary N) is 1. The third-order valence-corrected chi connectivity index (χ3v) is 4.46. The molecule has 108 valence electrons. The standard InChI is InChI=1S/C16H23N3O/c1-17-14-6-4-9-18(11-14)12-16(20)19-10-8-13-5-2-3-7-15(13)19/h2-3,5,7,14,17H,4,6,8-12H2,1H3. The Balaban J connectivity index is 1.63. The van der Waals surface area contributed by atoms with Gasteiger partial charge in [-0.1, -0.05) is 18.2 Å². The van der Waals surface area contributed by atoms with Gasteiger partial charge in [0, 0.05) is 24.8 Å². The molecule has 1 N–H and O–H groups in total. The molecule has 0 saturated carbocycles. The number of piperidine rings is 1. The minimum absolute atomic E-state index is 0.242. The van der Waals surface area contributed by atoms with Crippen LogP contribution in [0.4, 0.5) is 5.69 Å². The van der Waals surface area contributed by atoms with Crippen molar-refractivity contribution in [2.24, 2.45) is 0 Å². The van der Waals surface area contributed by atoms with E-state index in [9.17, 15) is 4.79 Å². The van der Waals surface area contributed by atoms with E-state index in [0.717, 1.165) is 31.7 Å². The Morgan fingerprint density at radius 1 is 1.35 bits per heavy atom. The molecule has 4 heteroatoms. The van der Waals surface area contributed by atoms with Crippen LogP contribution in [0.1, 0.15) is 18.4 Å². The number of likely N-dealkylation sites (N-methyl/N-ethyl adjacent to an activating group) is 1. The van der Waals surface area contributed by atoms with Gasteiger partial charge in [0.15, 0.2) is 0 Å². The van der Waals surface area contributed by atoms with Crippen molar-refractivity contribution in [2.45, 2.75) is 25.3 Å². The van der Waals surface area contributed by atoms with Crippen LogP contribution < -0.4 is 10.2 Å². The molecule has 2 aliphatic heterocycles. The molecule has 1 fully saturated rings. The fourth-order valence-corrected chi connectivity index (χ4v) is 3.31. The summed E-state index contributed by atoms with van der Waals surface area (Å²) in [5.41, 5.74) is 2.41. The van der Waals surface area contributed by atoms with Gasteiger partial charge in [-0.05, 0) is 44.5 Å².